The predicted molar refractivity (Wildman–Crippen MR) is 119 cm³/mol. The SMILES string of the molecule is CCCN(CC)c1cccc(C(=O)Nc2cc(-c3ccoc3)ccc2/C(N)=N/O)c1. The zero-order valence-electron chi connectivity index (χ0n) is 17.1. The Morgan fingerprint density at radius 1 is 1.17 bits per heavy atom. The number of benzene rings is 2. The molecule has 7 heteroatoms. The molecule has 3 aromatic rings. The van der Waals surface area contributed by atoms with Gasteiger partial charge in [-0.25, -0.2) is 0 Å². The van der Waals surface area contributed by atoms with E-state index in [0.29, 0.717) is 16.8 Å². The highest BCUT2D eigenvalue weighted by atomic mass is 16.4. The fraction of sp³-hybridized carbons (Fsp3) is 0.217. The molecule has 2 aromatic carbocycles. The van der Waals surface area contributed by atoms with E-state index in [4.69, 9.17) is 15.4 Å². The molecule has 0 spiro atoms. The third-order valence-corrected chi connectivity index (χ3v) is 4.85. The molecule has 30 heavy (non-hydrogen) atoms. The number of amidine groups is 1. The molecule has 156 valence electrons. The molecule has 1 aromatic heterocycles. The molecule has 0 atom stereocenters. The summed E-state index contributed by atoms with van der Waals surface area (Å²) in [5.74, 6) is -0.362. The van der Waals surface area contributed by atoms with Gasteiger partial charge in [-0.2, -0.15) is 0 Å². The normalized spacial score (nSPS) is 11.3. The number of anilines is 2. The summed E-state index contributed by atoms with van der Waals surface area (Å²) in [5, 5.41) is 15.1. The Bertz CT molecular complexity index is 1030. The van der Waals surface area contributed by atoms with Crippen molar-refractivity contribution < 1.29 is 14.4 Å². The lowest BCUT2D eigenvalue weighted by atomic mass is 10.0. The Balaban J connectivity index is 1.93. The van der Waals surface area contributed by atoms with Crippen LogP contribution in [0.25, 0.3) is 11.1 Å². The summed E-state index contributed by atoms with van der Waals surface area (Å²) in [5.41, 5.74) is 9.91. The average molecular weight is 406 g/mol. The van der Waals surface area contributed by atoms with Crippen molar-refractivity contribution >= 4 is 23.1 Å². The molecule has 0 saturated heterocycles. The van der Waals surface area contributed by atoms with Gasteiger partial charge < -0.3 is 25.6 Å². The highest BCUT2D eigenvalue weighted by Gasteiger charge is 2.15. The average Bonchev–Trinajstić information content (AvgIpc) is 3.32. The second-order valence-corrected chi connectivity index (χ2v) is 6.84. The van der Waals surface area contributed by atoms with Crippen molar-refractivity contribution in [2.45, 2.75) is 20.3 Å². The first kappa shape index (κ1) is 21.0. The van der Waals surface area contributed by atoms with E-state index in [1.807, 2.05) is 30.3 Å². The van der Waals surface area contributed by atoms with Gasteiger partial charge in [-0.15, -0.1) is 0 Å². The predicted octanol–water partition coefficient (Wildman–Crippen LogP) is 4.53. The second kappa shape index (κ2) is 9.65. The van der Waals surface area contributed by atoms with Crippen LogP contribution in [0, 0.1) is 0 Å². The summed E-state index contributed by atoms with van der Waals surface area (Å²) in [4.78, 5) is 15.2. The topological polar surface area (TPSA) is 104 Å². The Labute approximate surface area is 175 Å². The summed E-state index contributed by atoms with van der Waals surface area (Å²) in [6.45, 7) is 6.00. The smallest absolute Gasteiger partial charge is 0.255 e. The number of nitrogens with one attached hydrogen (secondary N) is 1. The maximum absolute atomic E-state index is 13.0. The summed E-state index contributed by atoms with van der Waals surface area (Å²) >= 11 is 0. The number of nitrogens with two attached hydrogens (primary N) is 1. The number of furan rings is 1. The van der Waals surface area contributed by atoms with Crippen molar-refractivity contribution in [1.82, 2.24) is 0 Å². The maximum atomic E-state index is 13.0. The molecular weight excluding hydrogens is 380 g/mol. The van der Waals surface area contributed by atoms with Gasteiger partial charge in [-0.3, -0.25) is 4.79 Å². The molecular formula is C23H26N4O3. The molecule has 0 radical (unpaired) electrons. The van der Waals surface area contributed by atoms with E-state index in [1.165, 1.54) is 0 Å². The molecule has 0 aliphatic heterocycles. The Morgan fingerprint density at radius 3 is 2.67 bits per heavy atom. The molecule has 4 N–H and O–H groups in total. The molecule has 1 amide bonds. The van der Waals surface area contributed by atoms with Crippen LogP contribution in [0.15, 0.2) is 70.6 Å². The van der Waals surface area contributed by atoms with Crippen LogP contribution in [0.2, 0.25) is 0 Å². The summed E-state index contributed by atoms with van der Waals surface area (Å²) < 4.78 is 5.14. The lowest BCUT2D eigenvalue weighted by Crippen LogP contribution is -2.24. The molecule has 3 rings (SSSR count). The third kappa shape index (κ3) is 4.63. The fourth-order valence-corrected chi connectivity index (χ4v) is 3.31. The minimum Gasteiger partial charge on any atom is -0.472 e. The fourth-order valence-electron chi connectivity index (χ4n) is 3.31. The molecule has 0 aliphatic rings. The Morgan fingerprint density at radius 2 is 2.00 bits per heavy atom. The summed E-state index contributed by atoms with van der Waals surface area (Å²) in [6.07, 6.45) is 4.21. The van der Waals surface area contributed by atoms with Crippen molar-refractivity contribution in [3.63, 3.8) is 0 Å². The van der Waals surface area contributed by atoms with Crippen LogP contribution >= 0.6 is 0 Å². The highest BCUT2D eigenvalue weighted by Crippen LogP contribution is 2.27. The van der Waals surface area contributed by atoms with Gasteiger partial charge in [0.25, 0.3) is 5.91 Å². The van der Waals surface area contributed by atoms with Crippen LogP contribution in [-0.4, -0.2) is 30.0 Å². The van der Waals surface area contributed by atoms with Crippen molar-refractivity contribution in [3.05, 3.63) is 72.2 Å². The van der Waals surface area contributed by atoms with E-state index in [-0.39, 0.29) is 11.7 Å². The van der Waals surface area contributed by atoms with Crippen LogP contribution in [0.4, 0.5) is 11.4 Å². The number of hydrogen-bond donors (Lipinski definition) is 3. The third-order valence-electron chi connectivity index (χ3n) is 4.85. The van der Waals surface area contributed by atoms with Crippen LogP contribution in [-0.2, 0) is 0 Å². The zero-order chi connectivity index (χ0) is 21.5. The van der Waals surface area contributed by atoms with Crippen molar-refractivity contribution in [1.29, 1.82) is 0 Å². The largest absolute Gasteiger partial charge is 0.472 e. The highest BCUT2D eigenvalue weighted by molar-refractivity contribution is 6.10. The van der Waals surface area contributed by atoms with Crippen molar-refractivity contribution in [2.24, 2.45) is 10.9 Å². The van der Waals surface area contributed by atoms with E-state index < -0.39 is 0 Å². The van der Waals surface area contributed by atoms with Crippen LogP contribution in [0.1, 0.15) is 36.2 Å². The summed E-state index contributed by atoms with van der Waals surface area (Å²) in [6, 6.07) is 14.6. The molecule has 0 saturated carbocycles. The molecule has 0 fully saturated rings. The molecule has 0 unspecified atom stereocenters. The van der Waals surface area contributed by atoms with Gasteiger partial charge in [-0.1, -0.05) is 24.2 Å². The van der Waals surface area contributed by atoms with Gasteiger partial charge in [0.05, 0.1) is 18.2 Å². The molecule has 0 aliphatic carbocycles. The minimum absolute atomic E-state index is 0.0853. The van der Waals surface area contributed by atoms with Crippen molar-refractivity contribution in [3.8, 4) is 11.1 Å². The van der Waals surface area contributed by atoms with E-state index in [1.54, 1.807) is 30.7 Å². The molecule has 1 heterocycles. The maximum Gasteiger partial charge on any atom is 0.255 e. The first-order chi connectivity index (χ1) is 14.6. The number of rotatable bonds is 8. The van der Waals surface area contributed by atoms with Gasteiger partial charge in [-0.05, 0) is 55.3 Å². The Kier molecular flexibility index (Phi) is 6.75. The first-order valence-electron chi connectivity index (χ1n) is 9.88. The summed E-state index contributed by atoms with van der Waals surface area (Å²) in [7, 11) is 0. The monoisotopic (exact) mass is 406 g/mol. The number of oxime groups is 1. The minimum atomic E-state index is -0.277. The quantitative estimate of drug-likeness (QED) is 0.221. The lowest BCUT2D eigenvalue weighted by Gasteiger charge is -2.23. The number of hydrogen-bond acceptors (Lipinski definition) is 5. The van der Waals surface area contributed by atoms with E-state index in [0.717, 1.165) is 36.3 Å². The van der Waals surface area contributed by atoms with Gasteiger partial charge >= 0.3 is 0 Å². The van der Waals surface area contributed by atoms with E-state index >= 15 is 0 Å². The van der Waals surface area contributed by atoms with Gasteiger partial charge in [0, 0.05) is 35.5 Å². The number of carbonyl (C=O) groups is 1. The van der Waals surface area contributed by atoms with E-state index in [2.05, 4.69) is 29.2 Å². The van der Waals surface area contributed by atoms with Gasteiger partial charge in [0.2, 0.25) is 0 Å². The standard InChI is InChI=1S/C23H26N4O3/c1-3-11-27(4-2)19-7-5-6-17(13-19)23(28)25-21-14-16(18-10-12-30-15-18)8-9-20(21)22(24)26-29/h5-10,12-15,29H,3-4,11H2,1-2H3,(H2,24,26)(H,25,28). The van der Waals surface area contributed by atoms with Crippen LogP contribution < -0.4 is 16.0 Å². The molecule has 0 bridgehead atoms. The molecule has 7 nitrogen and oxygen atoms in total. The lowest BCUT2D eigenvalue weighted by molar-refractivity contribution is 0.102. The number of amides is 1. The Hall–Kier alpha value is -3.74. The van der Waals surface area contributed by atoms with Crippen LogP contribution in [0.3, 0.4) is 0 Å². The first-order valence-corrected chi connectivity index (χ1v) is 9.88. The zero-order valence-corrected chi connectivity index (χ0v) is 17.1. The number of nitrogens with zero attached hydrogens (tertiary/aromatic N) is 2. The van der Waals surface area contributed by atoms with Gasteiger partial charge in [0.15, 0.2) is 5.84 Å². The van der Waals surface area contributed by atoms with E-state index in [9.17, 15) is 4.79 Å². The van der Waals surface area contributed by atoms with Gasteiger partial charge in [0.1, 0.15) is 0 Å². The second-order valence-electron chi connectivity index (χ2n) is 6.84. The van der Waals surface area contributed by atoms with Crippen molar-refractivity contribution in [2.75, 3.05) is 23.3 Å². The van der Waals surface area contributed by atoms with Crippen LogP contribution in [0.5, 0.6) is 0 Å². The number of carbonyl (C=O) groups excluding carboxylic acids is 1.